The molecule has 2 rings (SSSR count). The van der Waals surface area contributed by atoms with Gasteiger partial charge in [-0.05, 0) is 17.7 Å². The van der Waals surface area contributed by atoms with Crippen LogP contribution in [0.2, 0.25) is 0 Å². The van der Waals surface area contributed by atoms with Gasteiger partial charge in [0.2, 0.25) is 5.75 Å². The largest absolute Gasteiger partial charge is 0.481 e. The average molecular weight is 374 g/mol. The summed E-state index contributed by atoms with van der Waals surface area (Å²) in [4.78, 5) is 43.9. The molecule has 27 heavy (non-hydrogen) atoms. The minimum Gasteiger partial charge on any atom is -0.481 e. The Morgan fingerprint density at radius 3 is 2.44 bits per heavy atom. The summed E-state index contributed by atoms with van der Waals surface area (Å²) in [6, 6.07) is 12.2. The van der Waals surface area contributed by atoms with Crippen LogP contribution in [0.25, 0.3) is 0 Å². The Balaban J connectivity index is 2.03. The van der Waals surface area contributed by atoms with Crippen molar-refractivity contribution in [1.82, 2.24) is 0 Å². The van der Waals surface area contributed by atoms with E-state index in [1.165, 1.54) is 6.07 Å². The molecule has 10 heteroatoms. The molecule has 0 aliphatic rings. The number of carboxylic acid groups (broad SMARTS) is 1. The van der Waals surface area contributed by atoms with E-state index in [4.69, 9.17) is 9.84 Å². The minimum atomic E-state index is -1.43. The molecule has 1 amide bonds. The molecule has 0 unspecified atom stereocenters. The van der Waals surface area contributed by atoms with Gasteiger partial charge in [-0.25, -0.2) is 4.79 Å². The highest BCUT2D eigenvalue weighted by molar-refractivity contribution is 5.91. The lowest BCUT2D eigenvalue weighted by molar-refractivity contribution is -0.385. The van der Waals surface area contributed by atoms with Crippen molar-refractivity contribution in [1.29, 1.82) is 0 Å². The zero-order valence-corrected chi connectivity index (χ0v) is 13.8. The number of nitrogens with zero attached hydrogens (tertiary/aromatic N) is 1. The Bertz CT molecular complexity index is 866. The van der Waals surface area contributed by atoms with E-state index in [9.17, 15) is 24.5 Å². The number of hydrogen-bond acceptors (Lipinski definition) is 7. The molecule has 0 fully saturated rings. The first-order valence-electron chi connectivity index (χ1n) is 7.54. The molecule has 0 heterocycles. The third kappa shape index (κ3) is 6.12. The predicted molar refractivity (Wildman–Crippen MR) is 91.2 cm³/mol. The number of hydrogen-bond donors (Lipinski definition) is 2. The number of carbonyl (C=O) groups is 3. The number of nitro groups is 1. The molecule has 0 atom stereocenters. The molecule has 0 radical (unpaired) electrons. The Labute approximate surface area is 152 Å². The van der Waals surface area contributed by atoms with Gasteiger partial charge in [-0.1, -0.05) is 30.3 Å². The van der Waals surface area contributed by atoms with Gasteiger partial charge in [-0.15, -0.1) is 0 Å². The van der Waals surface area contributed by atoms with Gasteiger partial charge >= 0.3 is 23.7 Å². The van der Waals surface area contributed by atoms with Crippen molar-refractivity contribution in [2.24, 2.45) is 0 Å². The van der Waals surface area contributed by atoms with Crippen molar-refractivity contribution >= 4 is 29.4 Å². The number of ether oxygens (including phenoxy) is 2. The van der Waals surface area contributed by atoms with E-state index in [-0.39, 0.29) is 12.3 Å². The van der Waals surface area contributed by atoms with Crippen molar-refractivity contribution in [2.45, 2.75) is 13.0 Å². The fourth-order valence-corrected chi connectivity index (χ4v) is 1.98. The van der Waals surface area contributed by atoms with Gasteiger partial charge in [-0.2, -0.15) is 0 Å². The minimum absolute atomic E-state index is 0.0135. The van der Waals surface area contributed by atoms with E-state index in [1.54, 1.807) is 24.3 Å². The maximum absolute atomic E-state index is 11.8. The number of carbonyl (C=O) groups excluding carboxylic acids is 2. The van der Waals surface area contributed by atoms with Crippen LogP contribution in [0.4, 0.5) is 16.2 Å². The summed E-state index contributed by atoms with van der Waals surface area (Å²) in [6.07, 6.45) is -1.77. The molecular weight excluding hydrogens is 360 g/mol. The predicted octanol–water partition coefficient (Wildman–Crippen LogP) is 2.72. The Kier molecular flexibility index (Phi) is 6.42. The van der Waals surface area contributed by atoms with Gasteiger partial charge in [-0.3, -0.25) is 25.0 Å². The van der Waals surface area contributed by atoms with Crippen molar-refractivity contribution in [3.63, 3.8) is 0 Å². The van der Waals surface area contributed by atoms with Crippen LogP contribution >= 0.6 is 0 Å². The number of esters is 1. The van der Waals surface area contributed by atoms with Crippen LogP contribution in [0.15, 0.2) is 48.5 Å². The van der Waals surface area contributed by atoms with Gasteiger partial charge < -0.3 is 14.6 Å². The van der Waals surface area contributed by atoms with Gasteiger partial charge in [0.15, 0.2) is 0 Å². The Morgan fingerprint density at radius 2 is 1.81 bits per heavy atom. The highest BCUT2D eigenvalue weighted by atomic mass is 16.6. The molecule has 0 aliphatic heterocycles. The molecule has 2 aromatic carbocycles. The summed E-state index contributed by atoms with van der Waals surface area (Å²) in [5, 5.41) is 22.0. The summed E-state index contributed by atoms with van der Waals surface area (Å²) in [7, 11) is 0. The maximum atomic E-state index is 11.8. The van der Waals surface area contributed by atoms with Gasteiger partial charge in [0.1, 0.15) is 13.0 Å². The highest BCUT2D eigenvalue weighted by Gasteiger charge is 2.21. The average Bonchev–Trinajstić information content (AvgIpc) is 2.61. The van der Waals surface area contributed by atoms with E-state index in [2.05, 4.69) is 10.1 Å². The monoisotopic (exact) mass is 374 g/mol. The van der Waals surface area contributed by atoms with E-state index in [0.29, 0.717) is 0 Å². The van der Waals surface area contributed by atoms with Gasteiger partial charge in [0.25, 0.3) is 0 Å². The van der Waals surface area contributed by atoms with Gasteiger partial charge in [0, 0.05) is 6.07 Å². The molecule has 10 nitrogen and oxygen atoms in total. The second kappa shape index (κ2) is 8.94. The van der Waals surface area contributed by atoms with Crippen LogP contribution in [-0.2, 0) is 20.9 Å². The van der Waals surface area contributed by atoms with E-state index < -0.39 is 40.8 Å². The third-order valence-electron chi connectivity index (χ3n) is 3.13. The highest BCUT2D eigenvalue weighted by Crippen LogP contribution is 2.30. The SMILES string of the molecule is O=C(O)CC(=O)Oc1ccc(NC(=O)OCc2ccccc2)cc1[N+](=O)[O-]. The molecule has 140 valence electrons. The molecule has 0 bridgehead atoms. The molecular formula is C17H14N2O8. The molecule has 0 aliphatic carbocycles. The van der Waals surface area contributed by atoms with Crippen LogP contribution in [-0.4, -0.2) is 28.1 Å². The quantitative estimate of drug-likeness (QED) is 0.247. The summed E-state index contributed by atoms with van der Waals surface area (Å²) < 4.78 is 9.68. The van der Waals surface area contributed by atoms with Crippen LogP contribution in [0.1, 0.15) is 12.0 Å². The number of rotatable bonds is 7. The Hall–Kier alpha value is -3.95. The van der Waals surface area contributed by atoms with Crippen molar-refractivity contribution in [3.05, 3.63) is 64.2 Å². The summed E-state index contributed by atoms with van der Waals surface area (Å²) >= 11 is 0. The second-order valence-electron chi connectivity index (χ2n) is 5.17. The number of anilines is 1. The first kappa shape index (κ1) is 19.4. The van der Waals surface area contributed by atoms with Crippen LogP contribution in [0.3, 0.4) is 0 Å². The van der Waals surface area contributed by atoms with E-state index in [1.807, 2.05) is 6.07 Å². The molecule has 0 saturated carbocycles. The number of aliphatic carboxylic acids is 1. The summed E-state index contributed by atoms with van der Waals surface area (Å²) in [5.74, 6) is -3.02. The Morgan fingerprint density at radius 1 is 1.11 bits per heavy atom. The molecule has 2 N–H and O–H groups in total. The van der Waals surface area contributed by atoms with Crippen molar-refractivity contribution < 1.29 is 33.9 Å². The number of benzene rings is 2. The fourth-order valence-electron chi connectivity index (χ4n) is 1.98. The lowest BCUT2D eigenvalue weighted by atomic mass is 10.2. The molecule has 0 saturated heterocycles. The zero-order valence-electron chi connectivity index (χ0n) is 13.8. The molecule has 2 aromatic rings. The summed E-state index contributed by atoms with van der Waals surface area (Å²) in [6.45, 7) is 0.0135. The number of nitro benzene ring substituents is 1. The van der Waals surface area contributed by atoms with Crippen LogP contribution in [0.5, 0.6) is 5.75 Å². The standard InChI is InChI=1S/C17H14N2O8/c20-15(21)9-16(22)27-14-7-6-12(8-13(14)19(24)25)18-17(23)26-10-11-4-2-1-3-5-11/h1-8H,9-10H2,(H,18,23)(H,20,21). The maximum Gasteiger partial charge on any atom is 0.411 e. The lowest BCUT2D eigenvalue weighted by Gasteiger charge is -2.09. The van der Waals surface area contributed by atoms with Crippen molar-refractivity contribution in [3.8, 4) is 5.75 Å². The smallest absolute Gasteiger partial charge is 0.411 e. The van der Waals surface area contributed by atoms with E-state index in [0.717, 1.165) is 17.7 Å². The number of amides is 1. The second-order valence-corrected chi connectivity index (χ2v) is 5.17. The molecule has 0 aromatic heterocycles. The number of carboxylic acids is 1. The number of nitrogens with one attached hydrogen (secondary N) is 1. The first-order valence-corrected chi connectivity index (χ1v) is 7.54. The van der Waals surface area contributed by atoms with E-state index >= 15 is 0 Å². The van der Waals surface area contributed by atoms with Crippen LogP contribution in [0, 0.1) is 10.1 Å². The third-order valence-corrected chi connectivity index (χ3v) is 3.13. The first-order chi connectivity index (χ1) is 12.8. The normalized spacial score (nSPS) is 9.93. The zero-order chi connectivity index (χ0) is 19.8. The topological polar surface area (TPSA) is 145 Å². The van der Waals surface area contributed by atoms with Crippen molar-refractivity contribution in [2.75, 3.05) is 5.32 Å². The fraction of sp³-hybridized carbons (Fsp3) is 0.118. The molecule has 0 spiro atoms. The lowest BCUT2D eigenvalue weighted by Crippen LogP contribution is -2.15. The summed E-state index contributed by atoms with van der Waals surface area (Å²) in [5.41, 5.74) is 0.187. The van der Waals surface area contributed by atoms with Crippen LogP contribution < -0.4 is 10.1 Å². The van der Waals surface area contributed by atoms with Gasteiger partial charge in [0.05, 0.1) is 10.6 Å².